The predicted octanol–water partition coefficient (Wildman–Crippen LogP) is 3.41. The molecule has 0 radical (unpaired) electrons. The van der Waals surface area contributed by atoms with Gasteiger partial charge in [0.2, 0.25) is 0 Å². The van der Waals surface area contributed by atoms with Crippen molar-refractivity contribution in [3.05, 3.63) is 34.6 Å². The minimum absolute atomic E-state index is 0.204. The average molecular weight is 230 g/mol. The van der Waals surface area contributed by atoms with E-state index in [-0.39, 0.29) is 16.9 Å². The summed E-state index contributed by atoms with van der Waals surface area (Å²) in [5, 5.41) is 3.52. The third kappa shape index (κ3) is 3.80. The fraction of sp³-hybridized carbons (Fsp3) is 0.500. The van der Waals surface area contributed by atoms with E-state index in [1.807, 2.05) is 0 Å². The van der Waals surface area contributed by atoms with E-state index in [1.165, 1.54) is 0 Å². The number of benzene rings is 1. The molecule has 1 unspecified atom stereocenters. The highest BCUT2D eigenvalue weighted by atomic mass is 35.5. The minimum Gasteiger partial charge on any atom is -0.314 e. The Balaban J connectivity index is 2.60. The molecule has 1 aromatic carbocycles. The van der Waals surface area contributed by atoms with Crippen LogP contribution in [0.5, 0.6) is 0 Å². The topological polar surface area (TPSA) is 12.0 Å². The number of nitrogens with one attached hydrogen (secondary N) is 1. The Morgan fingerprint density at radius 1 is 1.47 bits per heavy atom. The van der Waals surface area contributed by atoms with Crippen LogP contribution in [0.4, 0.5) is 4.39 Å². The predicted molar refractivity (Wildman–Crippen MR) is 62.9 cm³/mol. The fourth-order valence-electron chi connectivity index (χ4n) is 1.50. The van der Waals surface area contributed by atoms with E-state index in [0.29, 0.717) is 12.0 Å². The number of halogens is 2. The summed E-state index contributed by atoms with van der Waals surface area (Å²) in [6.45, 7) is 5.12. The zero-order chi connectivity index (χ0) is 11.3. The molecule has 84 valence electrons. The second-order valence-electron chi connectivity index (χ2n) is 3.77. The van der Waals surface area contributed by atoms with Crippen LogP contribution in [0.1, 0.15) is 25.8 Å². The van der Waals surface area contributed by atoms with Gasteiger partial charge in [-0.2, -0.15) is 0 Å². The molecule has 1 aromatic rings. The van der Waals surface area contributed by atoms with Gasteiger partial charge in [-0.1, -0.05) is 30.7 Å². The Morgan fingerprint density at radius 2 is 2.20 bits per heavy atom. The summed E-state index contributed by atoms with van der Waals surface area (Å²) in [4.78, 5) is 0. The first-order valence-electron chi connectivity index (χ1n) is 5.31. The smallest absolute Gasteiger partial charge is 0.145 e. The van der Waals surface area contributed by atoms with Gasteiger partial charge >= 0.3 is 0 Å². The van der Waals surface area contributed by atoms with Gasteiger partial charge < -0.3 is 5.32 Å². The van der Waals surface area contributed by atoms with Gasteiger partial charge in [-0.25, -0.2) is 4.39 Å². The summed E-state index contributed by atoms with van der Waals surface area (Å²) >= 11 is 5.71. The van der Waals surface area contributed by atoms with Crippen LogP contribution in [0.2, 0.25) is 5.02 Å². The molecule has 0 spiro atoms. The summed E-state index contributed by atoms with van der Waals surface area (Å²) in [5.41, 5.74) is 0.679. The maximum atomic E-state index is 13.5. The van der Waals surface area contributed by atoms with Gasteiger partial charge in [0, 0.05) is 6.04 Å². The van der Waals surface area contributed by atoms with Crippen molar-refractivity contribution in [2.24, 2.45) is 0 Å². The van der Waals surface area contributed by atoms with Crippen LogP contribution in [-0.4, -0.2) is 12.6 Å². The molecular formula is C12H17ClFN. The van der Waals surface area contributed by atoms with Gasteiger partial charge in [-0.05, 0) is 37.9 Å². The summed E-state index contributed by atoms with van der Waals surface area (Å²) in [5.74, 6) is -0.288. The van der Waals surface area contributed by atoms with E-state index in [9.17, 15) is 4.39 Å². The second kappa shape index (κ2) is 6.09. The lowest BCUT2D eigenvalue weighted by atomic mass is 10.1. The molecule has 1 atom stereocenters. The molecule has 3 heteroatoms. The summed E-state index contributed by atoms with van der Waals surface area (Å²) in [6.07, 6.45) is 1.76. The molecule has 1 rings (SSSR count). The standard InChI is InChI=1S/C12H17ClFN/c1-3-7-15-9(2)8-10-5-4-6-11(13)12(10)14/h4-6,9,15H,3,7-8H2,1-2H3. The highest BCUT2D eigenvalue weighted by molar-refractivity contribution is 6.30. The van der Waals surface area contributed by atoms with Crippen molar-refractivity contribution in [3.8, 4) is 0 Å². The van der Waals surface area contributed by atoms with Gasteiger partial charge in [0.05, 0.1) is 5.02 Å². The van der Waals surface area contributed by atoms with Crippen LogP contribution >= 0.6 is 11.6 Å². The van der Waals surface area contributed by atoms with Crippen molar-refractivity contribution < 1.29 is 4.39 Å². The highest BCUT2D eigenvalue weighted by Crippen LogP contribution is 2.18. The average Bonchev–Trinajstić information content (AvgIpc) is 2.22. The highest BCUT2D eigenvalue weighted by Gasteiger charge is 2.09. The van der Waals surface area contributed by atoms with Gasteiger partial charge in [0.15, 0.2) is 0 Å². The first kappa shape index (κ1) is 12.5. The molecule has 0 amide bonds. The van der Waals surface area contributed by atoms with Crippen LogP contribution in [0.15, 0.2) is 18.2 Å². The van der Waals surface area contributed by atoms with Crippen LogP contribution in [0, 0.1) is 5.82 Å². The molecule has 15 heavy (non-hydrogen) atoms. The molecule has 1 nitrogen and oxygen atoms in total. The number of hydrogen-bond acceptors (Lipinski definition) is 1. The van der Waals surface area contributed by atoms with E-state index in [0.717, 1.165) is 13.0 Å². The van der Waals surface area contributed by atoms with Gasteiger partial charge in [-0.3, -0.25) is 0 Å². The van der Waals surface area contributed by atoms with Crippen molar-refractivity contribution in [3.63, 3.8) is 0 Å². The van der Waals surface area contributed by atoms with Crippen LogP contribution < -0.4 is 5.32 Å². The zero-order valence-corrected chi connectivity index (χ0v) is 9.94. The molecule has 0 aliphatic heterocycles. The summed E-state index contributed by atoms with van der Waals surface area (Å²) in [7, 11) is 0. The van der Waals surface area contributed by atoms with Gasteiger partial charge in [0.25, 0.3) is 0 Å². The molecule has 0 bridgehead atoms. The zero-order valence-electron chi connectivity index (χ0n) is 9.19. The second-order valence-corrected chi connectivity index (χ2v) is 4.18. The Hall–Kier alpha value is -0.600. The van der Waals surface area contributed by atoms with Crippen molar-refractivity contribution in [2.45, 2.75) is 32.7 Å². The lowest BCUT2D eigenvalue weighted by molar-refractivity contribution is 0.525. The molecule has 0 saturated heterocycles. The monoisotopic (exact) mass is 229 g/mol. The fourth-order valence-corrected chi connectivity index (χ4v) is 1.69. The maximum absolute atomic E-state index is 13.5. The van der Waals surface area contributed by atoms with E-state index in [4.69, 9.17) is 11.6 Å². The third-order valence-corrected chi connectivity index (χ3v) is 2.59. The van der Waals surface area contributed by atoms with E-state index in [1.54, 1.807) is 18.2 Å². The van der Waals surface area contributed by atoms with Crippen LogP contribution in [-0.2, 0) is 6.42 Å². The Labute approximate surface area is 95.6 Å². The van der Waals surface area contributed by atoms with E-state index < -0.39 is 0 Å². The Kier molecular flexibility index (Phi) is 5.06. The largest absolute Gasteiger partial charge is 0.314 e. The minimum atomic E-state index is -0.288. The molecule has 0 aliphatic carbocycles. The first-order chi connectivity index (χ1) is 7.15. The lowest BCUT2D eigenvalue weighted by Crippen LogP contribution is -2.28. The molecule has 0 aliphatic rings. The molecule has 0 saturated carbocycles. The third-order valence-electron chi connectivity index (χ3n) is 2.30. The Morgan fingerprint density at radius 3 is 2.87 bits per heavy atom. The molecular weight excluding hydrogens is 213 g/mol. The van der Waals surface area contributed by atoms with Gasteiger partial charge in [-0.15, -0.1) is 0 Å². The summed E-state index contributed by atoms with van der Waals surface area (Å²) in [6, 6.07) is 5.42. The van der Waals surface area contributed by atoms with Gasteiger partial charge in [0.1, 0.15) is 5.82 Å². The molecule has 0 heterocycles. The Bertz CT molecular complexity index is 314. The normalized spacial score (nSPS) is 12.8. The first-order valence-corrected chi connectivity index (χ1v) is 5.69. The van der Waals surface area contributed by atoms with Crippen molar-refractivity contribution in [1.29, 1.82) is 0 Å². The quantitative estimate of drug-likeness (QED) is 0.816. The number of rotatable bonds is 5. The van der Waals surface area contributed by atoms with Crippen molar-refractivity contribution >= 4 is 11.6 Å². The van der Waals surface area contributed by atoms with E-state index in [2.05, 4.69) is 19.2 Å². The molecule has 1 N–H and O–H groups in total. The maximum Gasteiger partial charge on any atom is 0.145 e. The lowest BCUT2D eigenvalue weighted by Gasteiger charge is -2.13. The van der Waals surface area contributed by atoms with Crippen LogP contribution in [0.25, 0.3) is 0 Å². The van der Waals surface area contributed by atoms with Crippen molar-refractivity contribution in [1.82, 2.24) is 5.32 Å². The number of hydrogen-bond donors (Lipinski definition) is 1. The van der Waals surface area contributed by atoms with E-state index >= 15 is 0 Å². The van der Waals surface area contributed by atoms with Crippen molar-refractivity contribution in [2.75, 3.05) is 6.54 Å². The van der Waals surface area contributed by atoms with Crippen LogP contribution in [0.3, 0.4) is 0 Å². The summed E-state index contributed by atoms with van der Waals surface area (Å²) < 4.78 is 13.5. The molecule has 0 fully saturated rings. The molecule has 0 aromatic heterocycles. The SMILES string of the molecule is CCCNC(C)Cc1cccc(Cl)c1F.